The summed E-state index contributed by atoms with van der Waals surface area (Å²) in [6.45, 7) is 5.34. The van der Waals surface area contributed by atoms with E-state index < -0.39 is 6.04 Å². The molecule has 1 rings (SSSR count). The van der Waals surface area contributed by atoms with E-state index in [4.69, 9.17) is 15.5 Å². The molecule has 0 aliphatic carbocycles. The molecule has 0 aliphatic rings. The highest BCUT2D eigenvalue weighted by molar-refractivity contribution is 5.75. The molecule has 1 heterocycles. The van der Waals surface area contributed by atoms with Crippen molar-refractivity contribution >= 4 is 11.8 Å². The van der Waals surface area contributed by atoms with E-state index in [1.54, 1.807) is 7.11 Å². The molecule has 1 aromatic rings. The molecule has 0 amide bonds. The number of hydrogen-bond donors (Lipinski definition) is 2. The minimum Gasteiger partial charge on any atom is -0.468 e. The highest BCUT2D eigenvalue weighted by atomic mass is 16.5. The molecule has 3 N–H and O–H groups in total. The summed E-state index contributed by atoms with van der Waals surface area (Å²) in [7, 11) is 4.98. The molecule has 0 radical (unpaired) electrons. The van der Waals surface area contributed by atoms with E-state index in [2.05, 4.69) is 34.0 Å². The van der Waals surface area contributed by atoms with Crippen LogP contribution in [0.15, 0.2) is 12.1 Å². The van der Waals surface area contributed by atoms with Gasteiger partial charge in [0.1, 0.15) is 11.9 Å². The van der Waals surface area contributed by atoms with Gasteiger partial charge in [0, 0.05) is 32.9 Å². The first-order chi connectivity index (χ1) is 13.0. The maximum atomic E-state index is 11.5. The van der Waals surface area contributed by atoms with Gasteiger partial charge in [-0.3, -0.25) is 4.79 Å². The highest BCUT2D eigenvalue weighted by Crippen LogP contribution is 2.15. The molecule has 0 aliphatic heterocycles. The first-order valence-electron chi connectivity index (χ1n) is 9.76. The molecule has 154 valence electrons. The van der Waals surface area contributed by atoms with Crippen LogP contribution in [0.3, 0.4) is 0 Å². The van der Waals surface area contributed by atoms with Crippen molar-refractivity contribution in [2.75, 3.05) is 52.8 Å². The van der Waals surface area contributed by atoms with Crippen LogP contribution in [0.2, 0.25) is 0 Å². The Balaban J connectivity index is 2.43. The Morgan fingerprint density at radius 2 is 2.04 bits per heavy atom. The van der Waals surface area contributed by atoms with Gasteiger partial charge in [0.05, 0.1) is 13.7 Å². The molecule has 1 atom stereocenters. The summed E-state index contributed by atoms with van der Waals surface area (Å²) >= 11 is 0. The lowest BCUT2D eigenvalue weighted by molar-refractivity contribution is -0.142. The van der Waals surface area contributed by atoms with Gasteiger partial charge in [-0.05, 0) is 50.3 Å². The molecule has 0 saturated heterocycles. The molecular formula is C20H36N4O3. The average molecular weight is 381 g/mol. The number of rotatable bonds is 14. The second kappa shape index (κ2) is 13.5. The van der Waals surface area contributed by atoms with E-state index >= 15 is 0 Å². The smallest absolute Gasteiger partial charge is 0.322 e. The van der Waals surface area contributed by atoms with E-state index in [-0.39, 0.29) is 5.97 Å². The SMILES string of the molecule is CCc1ccc(CCCCN(CCOC)CCC(N)C(=O)OC)nc1NC. The van der Waals surface area contributed by atoms with E-state index in [0.717, 1.165) is 56.8 Å². The van der Waals surface area contributed by atoms with Crippen LogP contribution in [0.5, 0.6) is 0 Å². The predicted octanol–water partition coefficient (Wildman–Crippen LogP) is 1.85. The summed E-state index contributed by atoms with van der Waals surface area (Å²) in [4.78, 5) is 18.4. The first kappa shape index (κ1) is 23.3. The second-order valence-corrected chi connectivity index (χ2v) is 6.62. The van der Waals surface area contributed by atoms with Crippen molar-refractivity contribution in [1.29, 1.82) is 0 Å². The molecule has 0 fully saturated rings. The van der Waals surface area contributed by atoms with Crippen molar-refractivity contribution < 1.29 is 14.3 Å². The monoisotopic (exact) mass is 380 g/mol. The fourth-order valence-corrected chi connectivity index (χ4v) is 2.96. The Labute approximate surface area is 163 Å². The summed E-state index contributed by atoms with van der Waals surface area (Å²) in [5.41, 5.74) is 8.20. The van der Waals surface area contributed by atoms with E-state index in [9.17, 15) is 4.79 Å². The molecule has 7 heteroatoms. The van der Waals surface area contributed by atoms with Crippen molar-refractivity contribution in [3.05, 3.63) is 23.4 Å². The third-order valence-corrected chi connectivity index (χ3v) is 4.68. The maximum absolute atomic E-state index is 11.5. The van der Waals surface area contributed by atoms with Crippen molar-refractivity contribution in [2.24, 2.45) is 5.73 Å². The number of nitrogens with zero attached hydrogens (tertiary/aromatic N) is 2. The van der Waals surface area contributed by atoms with Gasteiger partial charge < -0.3 is 25.4 Å². The number of aryl methyl sites for hydroxylation is 2. The zero-order valence-electron chi connectivity index (χ0n) is 17.3. The van der Waals surface area contributed by atoms with Crippen LogP contribution in [0, 0.1) is 0 Å². The third kappa shape index (κ3) is 8.69. The van der Waals surface area contributed by atoms with Crippen LogP contribution < -0.4 is 11.1 Å². The molecule has 0 spiro atoms. The van der Waals surface area contributed by atoms with Gasteiger partial charge in [-0.15, -0.1) is 0 Å². The van der Waals surface area contributed by atoms with Gasteiger partial charge >= 0.3 is 5.97 Å². The molecule has 0 aromatic carbocycles. The Bertz CT molecular complexity index is 554. The lowest BCUT2D eigenvalue weighted by Crippen LogP contribution is -2.37. The number of nitrogens with two attached hydrogens (primary N) is 1. The summed E-state index contributed by atoms with van der Waals surface area (Å²) in [6, 6.07) is 3.71. The molecule has 0 saturated carbocycles. The van der Waals surface area contributed by atoms with Crippen LogP contribution in [0.1, 0.15) is 37.4 Å². The number of nitrogens with one attached hydrogen (secondary N) is 1. The molecule has 1 unspecified atom stereocenters. The summed E-state index contributed by atoms with van der Waals surface area (Å²) in [5, 5.41) is 3.18. The van der Waals surface area contributed by atoms with Gasteiger partial charge in [-0.1, -0.05) is 13.0 Å². The number of esters is 1. The van der Waals surface area contributed by atoms with Crippen LogP contribution >= 0.6 is 0 Å². The number of carbonyl (C=O) groups excluding carboxylic acids is 1. The maximum Gasteiger partial charge on any atom is 0.322 e. The van der Waals surface area contributed by atoms with E-state index in [0.29, 0.717) is 13.0 Å². The standard InChI is InChI=1S/C20H36N4O3/c1-5-16-9-10-17(23-19(16)22-2)8-6-7-12-24(14-15-26-3)13-11-18(21)20(25)27-4/h9-10,18H,5-8,11-15,21H2,1-4H3,(H,22,23). The van der Waals surface area contributed by atoms with Crippen LogP contribution in [0.25, 0.3) is 0 Å². The van der Waals surface area contributed by atoms with Crippen molar-refractivity contribution in [2.45, 2.75) is 45.1 Å². The molecule has 27 heavy (non-hydrogen) atoms. The molecular weight excluding hydrogens is 344 g/mol. The summed E-state index contributed by atoms with van der Waals surface area (Å²) in [5.74, 6) is 0.622. The molecule has 1 aromatic heterocycles. The van der Waals surface area contributed by atoms with Gasteiger partial charge in [0.15, 0.2) is 0 Å². The largest absolute Gasteiger partial charge is 0.468 e. The summed E-state index contributed by atoms with van der Waals surface area (Å²) < 4.78 is 9.88. The predicted molar refractivity (Wildman–Crippen MR) is 109 cm³/mol. The Hall–Kier alpha value is -1.70. The van der Waals surface area contributed by atoms with E-state index in [1.165, 1.54) is 12.7 Å². The highest BCUT2D eigenvalue weighted by Gasteiger charge is 2.15. The van der Waals surface area contributed by atoms with Crippen molar-refractivity contribution in [3.63, 3.8) is 0 Å². The normalized spacial score (nSPS) is 12.2. The van der Waals surface area contributed by atoms with Gasteiger partial charge in [0.2, 0.25) is 0 Å². The fourth-order valence-electron chi connectivity index (χ4n) is 2.96. The Kier molecular flexibility index (Phi) is 11.6. The number of anilines is 1. The lowest BCUT2D eigenvalue weighted by Gasteiger charge is -2.23. The van der Waals surface area contributed by atoms with Crippen LogP contribution in [0.4, 0.5) is 5.82 Å². The zero-order valence-corrected chi connectivity index (χ0v) is 17.3. The minimum absolute atomic E-state index is 0.358. The van der Waals surface area contributed by atoms with Gasteiger partial charge in [-0.2, -0.15) is 0 Å². The Morgan fingerprint density at radius 3 is 2.67 bits per heavy atom. The quantitative estimate of drug-likeness (QED) is 0.376. The topological polar surface area (TPSA) is 89.7 Å². The second-order valence-electron chi connectivity index (χ2n) is 6.62. The average Bonchev–Trinajstić information content (AvgIpc) is 2.71. The third-order valence-electron chi connectivity index (χ3n) is 4.68. The van der Waals surface area contributed by atoms with Crippen molar-refractivity contribution in [3.8, 4) is 0 Å². The Morgan fingerprint density at radius 1 is 1.26 bits per heavy atom. The van der Waals surface area contributed by atoms with Gasteiger partial charge in [0.25, 0.3) is 0 Å². The molecule has 7 nitrogen and oxygen atoms in total. The van der Waals surface area contributed by atoms with Crippen LogP contribution in [-0.2, 0) is 27.1 Å². The van der Waals surface area contributed by atoms with Crippen LogP contribution in [-0.4, -0.2) is 69.4 Å². The first-order valence-corrected chi connectivity index (χ1v) is 9.76. The zero-order chi connectivity index (χ0) is 20.1. The number of aromatic nitrogens is 1. The number of carbonyl (C=O) groups is 1. The fraction of sp³-hybridized carbons (Fsp3) is 0.700. The number of ether oxygens (including phenoxy) is 2. The number of unbranched alkanes of at least 4 members (excludes halogenated alkanes) is 1. The molecule has 0 bridgehead atoms. The van der Waals surface area contributed by atoms with Gasteiger partial charge in [-0.25, -0.2) is 4.98 Å². The van der Waals surface area contributed by atoms with Crippen molar-refractivity contribution in [1.82, 2.24) is 9.88 Å². The summed E-state index contributed by atoms with van der Waals surface area (Å²) in [6.07, 6.45) is 4.64. The lowest BCUT2D eigenvalue weighted by atomic mass is 10.1. The number of pyridine rings is 1. The van der Waals surface area contributed by atoms with E-state index in [1.807, 2.05) is 7.05 Å². The number of methoxy groups -OCH3 is 2. The minimum atomic E-state index is -0.568. The number of hydrogen-bond acceptors (Lipinski definition) is 7.